The number of carbonyl (C=O) groups is 1. The first kappa shape index (κ1) is 10.4. The molecule has 2 saturated carbocycles. The van der Waals surface area contributed by atoms with Gasteiger partial charge in [-0.2, -0.15) is 5.26 Å². The summed E-state index contributed by atoms with van der Waals surface area (Å²) >= 11 is 0. The van der Waals surface area contributed by atoms with Crippen LogP contribution in [0.4, 0.5) is 0 Å². The third-order valence-electron chi connectivity index (χ3n) is 4.02. The highest BCUT2D eigenvalue weighted by Gasteiger charge is 2.57. The van der Waals surface area contributed by atoms with Crippen LogP contribution in [0.3, 0.4) is 0 Å². The topological polar surface area (TPSA) is 70.3 Å². The number of aliphatic hydroxyl groups excluding tert-OH is 1. The molecule has 0 aliphatic heterocycles. The summed E-state index contributed by atoms with van der Waals surface area (Å²) in [5.41, 5.74) is -0.879. The van der Waals surface area contributed by atoms with E-state index in [1.54, 1.807) is 0 Å². The van der Waals surface area contributed by atoms with E-state index in [0.717, 1.165) is 19.3 Å². The van der Waals surface area contributed by atoms with Gasteiger partial charge in [-0.15, -0.1) is 0 Å². The molecule has 0 aromatic rings. The molecule has 2 fully saturated rings. The minimum Gasteiger partial charge on any atom is -0.467 e. The van der Waals surface area contributed by atoms with Crippen molar-refractivity contribution in [3.05, 3.63) is 0 Å². The molecule has 0 aromatic carbocycles. The minimum atomic E-state index is -1.28. The van der Waals surface area contributed by atoms with Crippen LogP contribution < -0.4 is 0 Å². The smallest absolute Gasteiger partial charge is 0.336 e. The first-order valence-corrected chi connectivity index (χ1v) is 5.31. The molecular formula is C11H15NO3. The molecule has 4 nitrogen and oxygen atoms in total. The van der Waals surface area contributed by atoms with E-state index in [2.05, 4.69) is 10.8 Å². The molecule has 15 heavy (non-hydrogen) atoms. The minimum absolute atomic E-state index is 0.168. The number of rotatable bonds is 2. The zero-order chi connectivity index (χ0) is 11.1. The lowest BCUT2D eigenvalue weighted by Crippen LogP contribution is -2.44. The molecule has 0 amide bonds. The number of hydrogen-bond acceptors (Lipinski definition) is 4. The van der Waals surface area contributed by atoms with Crippen molar-refractivity contribution in [1.29, 1.82) is 5.26 Å². The molecule has 82 valence electrons. The molecule has 0 spiro atoms. The summed E-state index contributed by atoms with van der Waals surface area (Å²) in [6, 6.07) is 2.17. The average Bonchev–Trinajstić information content (AvgIpc) is 2.86. The van der Waals surface area contributed by atoms with Gasteiger partial charge in [0, 0.05) is 0 Å². The highest BCUT2D eigenvalue weighted by atomic mass is 16.5. The van der Waals surface area contributed by atoms with E-state index in [4.69, 9.17) is 0 Å². The normalized spacial score (nSPS) is 39.8. The van der Waals surface area contributed by atoms with Crippen molar-refractivity contribution in [2.24, 2.45) is 17.3 Å². The summed E-state index contributed by atoms with van der Waals surface area (Å²) in [6.45, 7) is 0. The van der Waals surface area contributed by atoms with Crippen LogP contribution in [0.1, 0.15) is 25.7 Å². The second-order valence-corrected chi connectivity index (χ2v) is 4.66. The number of nitriles is 1. The summed E-state index contributed by atoms with van der Waals surface area (Å²) < 4.78 is 4.52. The molecule has 2 rings (SSSR count). The monoisotopic (exact) mass is 209 g/mol. The lowest BCUT2D eigenvalue weighted by molar-refractivity contribution is -0.158. The fourth-order valence-electron chi connectivity index (χ4n) is 3.23. The van der Waals surface area contributed by atoms with Crippen molar-refractivity contribution in [2.75, 3.05) is 7.11 Å². The van der Waals surface area contributed by atoms with E-state index in [0.29, 0.717) is 12.3 Å². The van der Waals surface area contributed by atoms with Gasteiger partial charge in [0.05, 0.1) is 18.6 Å². The Morgan fingerprint density at radius 3 is 2.80 bits per heavy atom. The van der Waals surface area contributed by atoms with Crippen LogP contribution in [0.2, 0.25) is 0 Å². The van der Waals surface area contributed by atoms with E-state index in [1.165, 1.54) is 7.11 Å². The Hall–Kier alpha value is -1.08. The summed E-state index contributed by atoms with van der Waals surface area (Å²) in [5, 5.41) is 19.1. The van der Waals surface area contributed by atoms with Gasteiger partial charge in [-0.25, -0.2) is 4.79 Å². The average molecular weight is 209 g/mol. The van der Waals surface area contributed by atoms with Gasteiger partial charge < -0.3 is 9.84 Å². The first-order chi connectivity index (χ1) is 7.14. The number of aliphatic hydroxyl groups is 1. The van der Waals surface area contributed by atoms with Crippen molar-refractivity contribution in [2.45, 2.75) is 31.8 Å². The van der Waals surface area contributed by atoms with E-state index in [9.17, 15) is 15.2 Å². The van der Waals surface area contributed by atoms with Gasteiger partial charge in [-0.05, 0) is 31.1 Å². The fourth-order valence-corrected chi connectivity index (χ4v) is 3.23. The number of fused-ring (bicyclic) bond motifs is 2. The fraction of sp³-hybridized carbons (Fsp3) is 0.818. The van der Waals surface area contributed by atoms with E-state index >= 15 is 0 Å². The first-order valence-electron chi connectivity index (χ1n) is 5.31. The van der Waals surface area contributed by atoms with Crippen LogP contribution in [0, 0.1) is 28.6 Å². The summed E-state index contributed by atoms with van der Waals surface area (Å²) in [5.74, 6) is -0.000318. The van der Waals surface area contributed by atoms with E-state index in [-0.39, 0.29) is 5.92 Å². The Morgan fingerprint density at radius 1 is 1.67 bits per heavy atom. The Balaban J connectivity index is 2.24. The SMILES string of the molecule is COC(=O)C(O)C1(C#N)CC2CCC1C2. The summed E-state index contributed by atoms with van der Waals surface area (Å²) in [7, 11) is 1.24. The van der Waals surface area contributed by atoms with Crippen LogP contribution in [0.25, 0.3) is 0 Å². The predicted molar refractivity (Wildman–Crippen MR) is 51.5 cm³/mol. The Kier molecular flexibility index (Phi) is 2.43. The molecule has 4 unspecified atom stereocenters. The van der Waals surface area contributed by atoms with Crippen molar-refractivity contribution in [3.8, 4) is 6.07 Å². The lowest BCUT2D eigenvalue weighted by atomic mass is 9.70. The Morgan fingerprint density at radius 2 is 2.40 bits per heavy atom. The van der Waals surface area contributed by atoms with Crippen molar-refractivity contribution in [3.63, 3.8) is 0 Å². The third kappa shape index (κ3) is 1.34. The number of hydrogen-bond donors (Lipinski definition) is 1. The van der Waals surface area contributed by atoms with Gasteiger partial charge >= 0.3 is 5.97 Å². The number of nitrogens with zero attached hydrogens (tertiary/aromatic N) is 1. The van der Waals surface area contributed by atoms with Gasteiger partial charge in [0.1, 0.15) is 0 Å². The molecule has 0 heterocycles. The van der Waals surface area contributed by atoms with Crippen LogP contribution in [0.5, 0.6) is 0 Å². The molecule has 0 saturated heterocycles. The predicted octanol–water partition coefficient (Wildman–Crippen LogP) is 0.850. The lowest BCUT2D eigenvalue weighted by Gasteiger charge is -2.33. The number of esters is 1. The Bertz CT molecular complexity index is 322. The van der Waals surface area contributed by atoms with Crippen LogP contribution in [0.15, 0.2) is 0 Å². The number of methoxy groups -OCH3 is 1. The van der Waals surface area contributed by atoms with Gasteiger partial charge in [0.25, 0.3) is 0 Å². The van der Waals surface area contributed by atoms with Crippen molar-refractivity contribution >= 4 is 5.97 Å². The van der Waals surface area contributed by atoms with Gasteiger partial charge in [-0.3, -0.25) is 0 Å². The molecule has 2 bridgehead atoms. The van der Waals surface area contributed by atoms with Crippen LogP contribution in [-0.2, 0) is 9.53 Å². The second kappa shape index (κ2) is 3.49. The Labute approximate surface area is 88.8 Å². The highest BCUT2D eigenvalue weighted by molar-refractivity contribution is 5.76. The van der Waals surface area contributed by atoms with Crippen molar-refractivity contribution < 1.29 is 14.6 Å². The van der Waals surface area contributed by atoms with Gasteiger partial charge in [0.15, 0.2) is 6.10 Å². The zero-order valence-corrected chi connectivity index (χ0v) is 8.77. The van der Waals surface area contributed by atoms with Crippen LogP contribution >= 0.6 is 0 Å². The second-order valence-electron chi connectivity index (χ2n) is 4.66. The third-order valence-corrected chi connectivity index (χ3v) is 4.02. The maximum Gasteiger partial charge on any atom is 0.336 e. The molecule has 4 atom stereocenters. The van der Waals surface area contributed by atoms with Gasteiger partial charge in [0.2, 0.25) is 0 Å². The quantitative estimate of drug-likeness (QED) is 0.684. The molecule has 1 N–H and O–H groups in total. The molecule has 4 heteroatoms. The van der Waals surface area contributed by atoms with E-state index in [1.807, 2.05) is 0 Å². The zero-order valence-electron chi connectivity index (χ0n) is 8.77. The van der Waals surface area contributed by atoms with E-state index < -0.39 is 17.5 Å². The summed E-state index contributed by atoms with van der Waals surface area (Å²) in [6.07, 6.45) is 2.42. The number of ether oxygens (including phenoxy) is 1. The number of carbonyl (C=O) groups excluding carboxylic acids is 1. The molecule has 2 aliphatic rings. The summed E-state index contributed by atoms with van der Waals surface area (Å²) in [4.78, 5) is 11.3. The highest BCUT2D eigenvalue weighted by Crippen LogP contribution is 2.57. The van der Waals surface area contributed by atoms with Gasteiger partial charge in [-0.1, -0.05) is 6.42 Å². The molecule has 0 aromatic heterocycles. The maximum atomic E-state index is 11.3. The molecule has 2 aliphatic carbocycles. The molecular weight excluding hydrogens is 194 g/mol. The largest absolute Gasteiger partial charge is 0.467 e. The van der Waals surface area contributed by atoms with Crippen LogP contribution in [-0.4, -0.2) is 24.3 Å². The standard InChI is InChI=1S/C11H15NO3/c1-15-10(14)9(13)11(6-12)5-7-2-3-8(11)4-7/h7-9,13H,2-5H2,1H3. The molecule has 0 radical (unpaired) electrons. The maximum absolute atomic E-state index is 11.3. The van der Waals surface area contributed by atoms with Crippen molar-refractivity contribution in [1.82, 2.24) is 0 Å².